The van der Waals surface area contributed by atoms with Crippen LogP contribution in [0.25, 0.3) is 0 Å². The normalized spacial score (nSPS) is 20.0. The highest BCUT2D eigenvalue weighted by Gasteiger charge is 2.40. The Bertz CT molecular complexity index is 780. The van der Waals surface area contributed by atoms with E-state index in [1.54, 1.807) is 12.1 Å². The van der Waals surface area contributed by atoms with E-state index in [1.165, 1.54) is 12.1 Å². The molecule has 0 bridgehead atoms. The van der Waals surface area contributed by atoms with Gasteiger partial charge in [0.25, 0.3) is 0 Å². The number of rotatable bonds is 3. The van der Waals surface area contributed by atoms with Crippen molar-refractivity contribution in [1.29, 1.82) is 5.26 Å². The Morgan fingerprint density at radius 1 is 1.22 bits per heavy atom. The smallest absolute Gasteiger partial charge is 0.366 e. The summed E-state index contributed by atoms with van der Waals surface area (Å²) in [6.07, 6.45) is -3.93. The molecule has 7 heteroatoms. The molecule has 0 spiro atoms. The molecule has 23 heavy (non-hydrogen) atoms. The summed E-state index contributed by atoms with van der Waals surface area (Å²) < 4.78 is 51.4. The molecule has 1 fully saturated rings. The van der Waals surface area contributed by atoms with Gasteiger partial charge in [-0.25, -0.2) is 9.37 Å². The van der Waals surface area contributed by atoms with Gasteiger partial charge in [-0.15, -0.1) is 0 Å². The standard InChI is InChI=1S/C16H11F4N3/c17-11-3-1-2-9(6-11)12-7-13(12)22-15-10(8-21)4-5-14(23-15)16(18,19)20/h1-6,12-13H,7H2,(H,22,23)/t12-,13+/m0/s1. The predicted octanol–water partition coefficient (Wildman–Crippen LogP) is 4.08. The number of benzene rings is 1. The Balaban J connectivity index is 1.80. The molecule has 0 aliphatic heterocycles. The van der Waals surface area contributed by atoms with Crippen LogP contribution in [0.2, 0.25) is 0 Å². The van der Waals surface area contributed by atoms with Gasteiger partial charge in [0.15, 0.2) is 0 Å². The summed E-state index contributed by atoms with van der Waals surface area (Å²) in [5.74, 6) is -0.456. The van der Waals surface area contributed by atoms with Crippen molar-refractivity contribution in [3.8, 4) is 6.07 Å². The third-order valence-electron chi connectivity index (χ3n) is 3.70. The zero-order chi connectivity index (χ0) is 16.6. The fourth-order valence-corrected chi connectivity index (χ4v) is 2.45. The van der Waals surface area contributed by atoms with Gasteiger partial charge >= 0.3 is 6.18 Å². The van der Waals surface area contributed by atoms with Crippen LogP contribution in [-0.2, 0) is 6.18 Å². The van der Waals surface area contributed by atoms with Crippen LogP contribution in [0.5, 0.6) is 0 Å². The van der Waals surface area contributed by atoms with Crippen molar-refractivity contribution in [3.63, 3.8) is 0 Å². The van der Waals surface area contributed by atoms with Gasteiger partial charge in [-0.05, 0) is 36.2 Å². The highest BCUT2D eigenvalue weighted by Crippen LogP contribution is 2.43. The van der Waals surface area contributed by atoms with Crippen LogP contribution in [0.3, 0.4) is 0 Å². The average Bonchev–Trinajstić information content (AvgIpc) is 3.25. The topological polar surface area (TPSA) is 48.7 Å². The summed E-state index contributed by atoms with van der Waals surface area (Å²) in [5.41, 5.74) is -0.238. The van der Waals surface area contributed by atoms with Gasteiger partial charge in [0.2, 0.25) is 0 Å². The number of nitrogens with zero attached hydrogens (tertiary/aromatic N) is 2. The van der Waals surface area contributed by atoms with Crippen LogP contribution in [0.4, 0.5) is 23.4 Å². The molecule has 1 aromatic heterocycles. The van der Waals surface area contributed by atoms with E-state index in [0.717, 1.165) is 17.7 Å². The molecule has 2 aromatic rings. The van der Waals surface area contributed by atoms with Crippen molar-refractivity contribution in [2.45, 2.75) is 24.6 Å². The van der Waals surface area contributed by atoms with E-state index in [2.05, 4.69) is 10.3 Å². The molecule has 1 aliphatic rings. The third kappa shape index (κ3) is 3.26. The molecule has 1 N–H and O–H groups in total. The van der Waals surface area contributed by atoms with Crippen molar-refractivity contribution in [2.75, 3.05) is 5.32 Å². The number of halogens is 4. The predicted molar refractivity (Wildman–Crippen MR) is 75.1 cm³/mol. The van der Waals surface area contributed by atoms with Crippen molar-refractivity contribution >= 4 is 5.82 Å². The summed E-state index contributed by atoms with van der Waals surface area (Å²) in [6.45, 7) is 0. The maximum absolute atomic E-state index is 13.2. The molecule has 1 heterocycles. The number of aromatic nitrogens is 1. The van der Waals surface area contributed by atoms with Gasteiger partial charge in [0, 0.05) is 12.0 Å². The zero-order valence-corrected chi connectivity index (χ0v) is 11.7. The number of hydrogen-bond acceptors (Lipinski definition) is 3. The van der Waals surface area contributed by atoms with E-state index in [1.807, 2.05) is 6.07 Å². The Kier molecular flexibility index (Phi) is 3.68. The van der Waals surface area contributed by atoms with Gasteiger partial charge < -0.3 is 5.32 Å². The van der Waals surface area contributed by atoms with Crippen molar-refractivity contribution in [3.05, 3.63) is 59.0 Å². The number of anilines is 1. The molecule has 1 aliphatic carbocycles. The van der Waals surface area contributed by atoms with Gasteiger partial charge in [0.1, 0.15) is 23.4 Å². The van der Waals surface area contributed by atoms with Crippen LogP contribution >= 0.6 is 0 Å². The van der Waals surface area contributed by atoms with Crippen LogP contribution in [-0.4, -0.2) is 11.0 Å². The van der Waals surface area contributed by atoms with Gasteiger partial charge in [-0.3, -0.25) is 0 Å². The lowest BCUT2D eigenvalue weighted by Crippen LogP contribution is -2.13. The van der Waals surface area contributed by atoms with Crippen LogP contribution < -0.4 is 5.32 Å². The lowest BCUT2D eigenvalue weighted by molar-refractivity contribution is -0.141. The molecular formula is C16H11F4N3. The molecule has 0 radical (unpaired) electrons. The molecular weight excluding hydrogens is 310 g/mol. The van der Waals surface area contributed by atoms with E-state index in [0.29, 0.717) is 6.42 Å². The number of pyridine rings is 1. The highest BCUT2D eigenvalue weighted by molar-refractivity contribution is 5.55. The Morgan fingerprint density at radius 2 is 2.00 bits per heavy atom. The number of nitrogens with one attached hydrogen (secondary N) is 1. The van der Waals surface area contributed by atoms with Crippen molar-refractivity contribution in [2.24, 2.45) is 0 Å². The second-order valence-corrected chi connectivity index (χ2v) is 5.35. The Morgan fingerprint density at radius 3 is 2.65 bits per heavy atom. The van der Waals surface area contributed by atoms with Crippen molar-refractivity contribution in [1.82, 2.24) is 4.98 Å². The minimum absolute atomic E-state index is 0.00594. The molecule has 0 amide bonds. The molecule has 2 atom stereocenters. The maximum atomic E-state index is 13.2. The molecule has 1 saturated carbocycles. The lowest BCUT2D eigenvalue weighted by atomic mass is 10.1. The lowest BCUT2D eigenvalue weighted by Gasteiger charge is -2.11. The third-order valence-corrected chi connectivity index (χ3v) is 3.70. The summed E-state index contributed by atoms with van der Waals surface area (Å²) in [7, 11) is 0. The first-order valence-corrected chi connectivity index (χ1v) is 6.89. The minimum atomic E-state index is -4.57. The monoisotopic (exact) mass is 321 g/mol. The fraction of sp³-hybridized carbons (Fsp3) is 0.250. The number of alkyl halides is 3. The fourth-order valence-electron chi connectivity index (χ4n) is 2.45. The molecule has 0 saturated heterocycles. The first kappa shape index (κ1) is 15.3. The maximum Gasteiger partial charge on any atom is 0.433 e. The van der Waals surface area contributed by atoms with Crippen LogP contribution in [0, 0.1) is 17.1 Å². The van der Waals surface area contributed by atoms with Crippen LogP contribution in [0.1, 0.15) is 29.2 Å². The van der Waals surface area contributed by atoms with E-state index in [9.17, 15) is 17.6 Å². The summed E-state index contributed by atoms with van der Waals surface area (Å²) in [4.78, 5) is 3.51. The highest BCUT2D eigenvalue weighted by atomic mass is 19.4. The molecule has 1 aromatic carbocycles. The summed E-state index contributed by atoms with van der Waals surface area (Å²) >= 11 is 0. The second kappa shape index (κ2) is 5.54. The SMILES string of the molecule is N#Cc1ccc(C(F)(F)F)nc1N[C@@H]1C[C@H]1c1cccc(F)c1. The summed E-state index contributed by atoms with van der Waals surface area (Å²) in [6, 6.07) is 9.61. The first-order chi connectivity index (χ1) is 10.9. The second-order valence-electron chi connectivity index (χ2n) is 5.35. The number of hydrogen-bond donors (Lipinski definition) is 1. The quantitative estimate of drug-likeness (QED) is 0.867. The molecule has 3 rings (SSSR count). The average molecular weight is 321 g/mol. The molecule has 0 unspecified atom stereocenters. The molecule has 118 valence electrons. The minimum Gasteiger partial charge on any atom is -0.366 e. The van der Waals surface area contributed by atoms with Crippen molar-refractivity contribution < 1.29 is 17.6 Å². The van der Waals surface area contributed by atoms with Gasteiger partial charge in [0.05, 0.1) is 5.56 Å². The summed E-state index contributed by atoms with van der Waals surface area (Å²) in [5, 5.41) is 11.9. The zero-order valence-electron chi connectivity index (χ0n) is 11.7. The van der Waals surface area contributed by atoms with E-state index in [4.69, 9.17) is 5.26 Å². The number of nitriles is 1. The van der Waals surface area contributed by atoms with Crippen LogP contribution in [0.15, 0.2) is 36.4 Å². The largest absolute Gasteiger partial charge is 0.433 e. The van der Waals surface area contributed by atoms with E-state index in [-0.39, 0.29) is 29.2 Å². The first-order valence-electron chi connectivity index (χ1n) is 6.89. The van der Waals surface area contributed by atoms with Gasteiger partial charge in [-0.1, -0.05) is 12.1 Å². The van der Waals surface area contributed by atoms with Gasteiger partial charge in [-0.2, -0.15) is 18.4 Å². The van der Waals surface area contributed by atoms with E-state index >= 15 is 0 Å². The van der Waals surface area contributed by atoms with E-state index < -0.39 is 11.9 Å². The molecule has 3 nitrogen and oxygen atoms in total. The Labute approximate surface area is 129 Å². The Hall–Kier alpha value is -2.62.